The summed E-state index contributed by atoms with van der Waals surface area (Å²) in [6.45, 7) is 1.08. The maximum atomic E-state index is 12.4. The van der Waals surface area contributed by atoms with Crippen molar-refractivity contribution in [2.24, 2.45) is 7.05 Å². The average Bonchev–Trinajstić information content (AvgIpc) is 3.29. The lowest BCUT2D eigenvalue weighted by atomic mass is 10.1. The number of amides is 1. The van der Waals surface area contributed by atoms with Gasteiger partial charge in [0.2, 0.25) is 0 Å². The first-order valence-electron chi connectivity index (χ1n) is 8.45. The number of hydrogen-bond donors (Lipinski definition) is 1. The number of nitrogens with one attached hydrogen (secondary N) is 1. The molecule has 0 aliphatic carbocycles. The summed E-state index contributed by atoms with van der Waals surface area (Å²) < 4.78 is 3.85. The number of aromatic nitrogens is 4. The second kappa shape index (κ2) is 6.84. The lowest BCUT2D eigenvalue weighted by Crippen LogP contribution is -2.24. The van der Waals surface area contributed by atoms with E-state index in [0.29, 0.717) is 18.7 Å². The highest BCUT2D eigenvalue weighted by Crippen LogP contribution is 2.14. The Balaban J connectivity index is 1.42. The molecule has 0 radical (unpaired) electrons. The van der Waals surface area contributed by atoms with Crippen LogP contribution in [0.2, 0.25) is 0 Å². The fourth-order valence-electron chi connectivity index (χ4n) is 2.96. The van der Waals surface area contributed by atoms with E-state index in [1.807, 2.05) is 77.1 Å². The normalized spacial score (nSPS) is 11.0. The van der Waals surface area contributed by atoms with E-state index in [0.717, 1.165) is 22.4 Å². The van der Waals surface area contributed by atoms with Crippen molar-refractivity contribution in [2.75, 3.05) is 0 Å². The number of rotatable bonds is 5. The number of aryl methyl sites for hydroxylation is 1. The first-order valence-corrected chi connectivity index (χ1v) is 8.45. The molecule has 0 aliphatic heterocycles. The molecule has 2 heterocycles. The molecule has 4 rings (SSSR count). The molecule has 130 valence electrons. The van der Waals surface area contributed by atoms with Gasteiger partial charge in [-0.2, -0.15) is 5.10 Å². The molecule has 0 saturated heterocycles. The maximum absolute atomic E-state index is 12.4. The SMILES string of the molecule is Cn1c(CNC(=O)c2ccc(Cn3cccn3)cc2)nc2ccccc21. The number of para-hydroxylation sites is 2. The highest BCUT2D eigenvalue weighted by atomic mass is 16.1. The van der Waals surface area contributed by atoms with E-state index < -0.39 is 0 Å². The van der Waals surface area contributed by atoms with Gasteiger partial charge in [0.1, 0.15) is 5.82 Å². The van der Waals surface area contributed by atoms with E-state index >= 15 is 0 Å². The molecular weight excluding hydrogens is 326 g/mol. The Hall–Kier alpha value is -3.41. The Morgan fingerprint density at radius 3 is 2.62 bits per heavy atom. The summed E-state index contributed by atoms with van der Waals surface area (Å²) >= 11 is 0. The van der Waals surface area contributed by atoms with Crippen molar-refractivity contribution in [3.05, 3.63) is 83.9 Å². The quantitative estimate of drug-likeness (QED) is 0.605. The molecule has 0 atom stereocenters. The second-order valence-electron chi connectivity index (χ2n) is 6.16. The summed E-state index contributed by atoms with van der Waals surface area (Å²) in [5.41, 5.74) is 3.72. The van der Waals surface area contributed by atoms with Gasteiger partial charge < -0.3 is 9.88 Å². The molecule has 2 aromatic heterocycles. The van der Waals surface area contributed by atoms with Gasteiger partial charge in [0.05, 0.1) is 24.1 Å². The van der Waals surface area contributed by atoms with E-state index in [2.05, 4.69) is 15.4 Å². The molecule has 1 N–H and O–H groups in total. The smallest absolute Gasteiger partial charge is 0.251 e. The fraction of sp³-hybridized carbons (Fsp3) is 0.150. The van der Waals surface area contributed by atoms with E-state index in [1.165, 1.54) is 0 Å². The van der Waals surface area contributed by atoms with Gasteiger partial charge in [-0.05, 0) is 35.9 Å². The van der Waals surface area contributed by atoms with Crippen molar-refractivity contribution < 1.29 is 4.79 Å². The number of carbonyl (C=O) groups is 1. The second-order valence-corrected chi connectivity index (χ2v) is 6.16. The minimum atomic E-state index is -0.109. The van der Waals surface area contributed by atoms with Gasteiger partial charge in [-0.3, -0.25) is 9.48 Å². The Labute approximate surface area is 151 Å². The highest BCUT2D eigenvalue weighted by Gasteiger charge is 2.10. The molecule has 4 aromatic rings. The third-order valence-electron chi connectivity index (χ3n) is 4.41. The lowest BCUT2D eigenvalue weighted by Gasteiger charge is -2.07. The summed E-state index contributed by atoms with van der Waals surface area (Å²) in [6, 6.07) is 17.4. The van der Waals surface area contributed by atoms with Crippen LogP contribution in [0.4, 0.5) is 0 Å². The molecule has 2 aromatic carbocycles. The minimum absolute atomic E-state index is 0.109. The fourth-order valence-corrected chi connectivity index (χ4v) is 2.96. The minimum Gasteiger partial charge on any atom is -0.345 e. The first kappa shape index (κ1) is 16.1. The predicted molar refractivity (Wildman–Crippen MR) is 99.7 cm³/mol. The number of benzene rings is 2. The summed E-state index contributed by atoms with van der Waals surface area (Å²) in [7, 11) is 1.96. The summed E-state index contributed by atoms with van der Waals surface area (Å²) in [4.78, 5) is 17.0. The van der Waals surface area contributed by atoms with Gasteiger partial charge in [0.15, 0.2) is 0 Å². The largest absolute Gasteiger partial charge is 0.345 e. The van der Waals surface area contributed by atoms with Crippen molar-refractivity contribution in [1.82, 2.24) is 24.6 Å². The summed E-state index contributed by atoms with van der Waals surface area (Å²) in [5, 5.41) is 7.13. The zero-order valence-electron chi connectivity index (χ0n) is 14.5. The van der Waals surface area contributed by atoms with Crippen molar-refractivity contribution >= 4 is 16.9 Å². The molecule has 6 heteroatoms. The summed E-state index contributed by atoms with van der Waals surface area (Å²) in [5.74, 6) is 0.720. The van der Waals surface area contributed by atoms with Gasteiger partial charge in [-0.1, -0.05) is 24.3 Å². The van der Waals surface area contributed by atoms with Crippen LogP contribution in [0.1, 0.15) is 21.7 Å². The van der Waals surface area contributed by atoms with E-state index in [-0.39, 0.29) is 5.91 Å². The summed E-state index contributed by atoms with van der Waals surface area (Å²) in [6.07, 6.45) is 3.67. The monoisotopic (exact) mass is 345 g/mol. The molecular formula is C20H19N5O. The van der Waals surface area contributed by atoms with Crippen LogP contribution in [-0.2, 0) is 20.1 Å². The third-order valence-corrected chi connectivity index (χ3v) is 4.41. The van der Waals surface area contributed by atoms with Crippen LogP contribution in [0, 0.1) is 0 Å². The maximum Gasteiger partial charge on any atom is 0.251 e. The lowest BCUT2D eigenvalue weighted by molar-refractivity contribution is 0.0949. The van der Waals surface area contributed by atoms with Crippen molar-refractivity contribution in [3.8, 4) is 0 Å². The van der Waals surface area contributed by atoms with Crippen LogP contribution in [0.15, 0.2) is 67.0 Å². The first-order chi connectivity index (χ1) is 12.7. The van der Waals surface area contributed by atoms with Crippen LogP contribution < -0.4 is 5.32 Å². The zero-order chi connectivity index (χ0) is 17.9. The molecule has 0 saturated carbocycles. The van der Waals surface area contributed by atoms with E-state index in [1.54, 1.807) is 6.20 Å². The number of fused-ring (bicyclic) bond motifs is 1. The van der Waals surface area contributed by atoms with Gasteiger partial charge in [0.25, 0.3) is 5.91 Å². The topological polar surface area (TPSA) is 64.7 Å². The highest BCUT2D eigenvalue weighted by molar-refractivity contribution is 5.94. The van der Waals surface area contributed by atoms with Crippen LogP contribution in [-0.4, -0.2) is 25.2 Å². The van der Waals surface area contributed by atoms with E-state index in [9.17, 15) is 4.79 Å². The molecule has 1 amide bonds. The molecule has 0 fully saturated rings. The molecule has 0 bridgehead atoms. The molecule has 6 nitrogen and oxygen atoms in total. The molecule has 0 spiro atoms. The van der Waals surface area contributed by atoms with Crippen LogP contribution >= 0.6 is 0 Å². The van der Waals surface area contributed by atoms with Crippen LogP contribution in [0.3, 0.4) is 0 Å². The predicted octanol–water partition coefficient (Wildman–Crippen LogP) is 2.75. The van der Waals surface area contributed by atoms with Crippen molar-refractivity contribution in [2.45, 2.75) is 13.1 Å². The van der Waals surface area contributed by atoms with Crippen molar-refractivity contribution in [1.29, 1.82) is 0 Å². The molecule has 0 unspecified atom stereocenters. The van der Waals surface area contributed by atoms with Gasteiger partial charge in [-0.15, -0.1) is 0 Å². The number of hydrogen-bond acceptors (Lipinski definition) is 3. The zero-order valence-corrected chi connectivity index (χ0v) is 14.5. The standard InChI is InChI=1S/C20H19N5O/c1-24-18-6-3-2-5-17(18)23-19(24)13-21-20(26)16-9-7-15(8-10-16)14-25-12-4-11-22-25/h2-12H,13-14H2,1H3,(H,21,26). The van der Waals surface area contributed by atoms with Crippen LogP contribution in [0.5, 0.6) is 0 Å². The van der Waals surface area contributed by atoms with Gasteiger partial charge in [0, 0.05) is 25.0 Å². The van der Waals surface area contributed by atoms with Gasteiger partial charge >= 0.3 is 0 Å². The number of nitrogens with zero attached hydrogens (tertiary/aromatic N) is 4. The molecule has 0 aliphatic rings. The Morgan fingerprint density at radius 2 is 1.88 bits per heavy atom. The third kappa shape index (κ3) is 3.21. The number of carbonyl (C=O) groups excluding carboxylic acids is 1. The van der Waals surface area contributed by atoms with Crippen LogP contribution in [0.25, 0.3) is 11.0 Å². The Bertz CT molecular complexity index is 1030. The average molecular weight is 345 g/mol. The van der Waals surface area contributed by atoms with E-state index in [4.69, 9.17) is 0 Å². The Kier molecular flexibility index (Phi) is 4.23. The number of imidazole rings is 1. The van der Waals surface area contributed by atoms with Crippen molar-refractivity contribution in [3.63, 3.8) is 0 Å². The van der Waals surface area contributed by atoms with Gasteiger partial charge in [-0.25, -0.2) is 4.98 Å². The molecule has 26 heavy (non-hydrogen) atoms. The Morgan fingerprint density at radius 1 is 1.08 bits per heavy atom.